The average Bonchev–Trinajstić information content (AvgIpc) is 3.08. The molecule has 0 N–H and O–H groups in total. The molecule has 0 atom stereocenters. The second kappa shape index (κ2) is 7.53. The zero-order valence-corrected chi connectivity index (χ0v) is 14.9. The molecule has 1 aliphatic rings. The van der Waals surface area contributed by atoms with Crippen LogP contribution in [0.25, 0.3) is 0 Å². The van der Waals surface area contributed by atoms with Crippen molar-refractivity contribution >= 4 is 22.8 Å². The first kappa shape index (κ1) is 18.5. The monoisotopic (exact) mass is 378 g/mol. The molecular weight excluding hydrogens is 361 g/mol. The fourth-order valence-electron chi connectivity index (χ4n) is 2.56. The van der Waals surface area contributed by atoms with Crippen molar-refractivity contribution in [2.75, 3.05) is 13.1 Å². The summed E-state index contributed by atoms with van der Waals surface area (Å²) in [4.78, 5) is 18.4. The lowest BCUT2D eigenvalue weighted by molar-refractivity contribution is -0.137. The van der Waals surface area contributed by atoms with Crippen LogP contribution in [-0.2, 0) is 11.9 Å². The van der Waals surface area contributed by atoms with Crippen molar-refractivity contribution in [2.45, 2.75) is 18.9 Å². The van der Waals surface area contributed by atoms with Crippen molar-refractivity contribution in [3.8, 4) is 0 Å². The quantitative estimate of drug-likeness (QED) is 0.772. The molecule has 3 nitrogen and oxygen atoms in total. The van der Waals surface area contributed by atoms with Crippen LogP contribution in [-0.4, -0.2) is 29.1 Å². The lowest BCUT2D eigenvalue weighted by Gasteiger charge is -2.18. The Bertz CT molecular complexity index is 831. The smallest absolute Gasteiger partial charge is 0.286 e. The molecule has 1 heterocycles. The molecule has 2 aromatic carbocycles. The van der Waals surface area contributed by atoms with E-state index in [1.807, 2.05) is 31.2 Å². The fourth-order valence-corrected chi connectivity index (χ4v) is 3.56. The van der Waals surface area contributed by atoms with Crippen molar-refractivity contribution in [2.24, 2.45) is 4.99 Å². The van der Waals surface area contributed by atoms with Crippen molar-refractivity contribution in [1.82, 2.24) is 4.90 Å². The van der Waals surface area contributed by atoms with E-state index < -0.39 is 17.6 Å². The summed E-state index contributed by atoms with van der Waals surface area (Å²) in [5.41, 5.74) is 1.46. The number of benzene rings is 2. The molecule has 0 aliphatic carbocycles. The molecule has 136 valence electrons. The molecule has 3 rings (SSSR count). The van der Waals surface area contributed by atoms with E-state index in [9.17, 15) is 18.0 Å². The van der Waals surface area contributed by atoms with Crippen LogP contribution in [0.3, 0.4) is 0 Å². The molecule has 0 fully saturated rings. The third kappa shape index (κ3) is 4.27. The van der Waals surface area contributed by atoms with Gasteiger partial charge in [0, 0.05) is 17.9 Å². The third-order valence-corrected chi connectivity index (χ3v) is 5.06. The van der Waals surface area contributed by atoms with Crippen molar-refractivity contribution in [3.05, 3.63) is 70.8 Å². The van der Waals surface area contributed by atoms with Crippen LogP contribution in [0.15, 0.2) is 53.5 Å². The minimum Gasteiger partial charge on any atom is -0.286 e. The molecule has 0 bridgehead atoms. The second-order valence-electron chi connectivity index (χ2n) is 5.97. The van der Waals surface area contributed by atoms with Gasteiger partial charge in [-0.1, -0.05) is 47.7 Å². The number of nitrogens with zero attached hydrogens (tertiary/aromatic N) is 2. The maximum absolute atomic E-state index is 12.9. The van der Waals surface area contributed by atoms with Gasteiger partial charge in [0.2, 0.25) is 0 Å². The van der Waals surface area contributed by atoms with E-state index in [1.165, 1.54) is 34.4 Å². The number of aliphatic imine (C=N–C) groups is 1. The summed E-state index contributed by atoms with van der Waals surface area (Å²) in [5.74, 6) is 0.189. The van der Waals surface area contributed by atoms with Crippen LogP contribution in [0.4, 0.5) is 13.2 Å². The summed E-state index contributed by atoms with van der Waals surface area (Å²) in [7, 11) is 0. The molecule has 0 unspecified atom stereocenters. The van der Waals surface area contributed by atoms with Gasteiger partial charge < -0.3 is 0 Å². The summed E-state index contributed by atoms with van der Waals surface area (Å²) < 4.78 is 38.6. The van der Waals surface area contributed by atoms with Crippen LogP contribution in [0.2, 0.25) is 0 Å². The number of amides is 1. The summed E-state index contributed by atoms with van der Waals surface area (Å²) in [6.45, 7) is 2.85. The standard InChI is InChI=1S/C19H17F3N2OS/c1-13-5-7-14(8-6-13)12-26-18-23-9-10-24(18)17(25)15-3-2-4-16(11-15)19(20,21)22/h2-8,11H,9-10,12H2,1H3. The number of amidine groups is 1. The largest absolute Gasteiger partial charge is 0.416 e. The predicted octanol–water partition coefficient (Wildman–Crippen LogP) is 4.76. The Morgan fingerprint density at radius 2 is 1.92 bits per heavy atom. The molecule has 0 spiro atoms. The highest BCUT2D eigenvalue weighted by molar-refractivity contribution is 8.13. The maximum atomic E-state index is 12.9. The van der Waals surface area contributed by atoms with Crippen LogP contribution < -0.4 is 0 Å². The highest BCUT2D eigenvalue weighted by Crippen LogP contribution is 2.30. The van der Waals surface area contributed by atoms with Gasteiger partial charge in [0.15, 0.2) is 5.17 Å². The molecular formula is C19H17F3N2OS. The zero-order valence-electron chi connectivity index (χ0n) is 14.1. The Balaban J connectivity index is 1.71. The molecule has 0 radical (unpaired) electrons. The number of hydrogen-bond donors (Lipinski definition) is 0. The molecule has 7 heteroatoms. The van der Waals surface area contributed by atoms with Gasteiger partial charge in [-0.3, -0.25) is 14.7 Å². The number of alkyl halides is 3. The number of carbonyl (C=O) groups excluding carboxylic acids is 1. The lowest BCUT2D eigenvalue weighted by atomic mass is 10.1. The summed E-state index contributed by atoms with van der Waals surface area (Å²) >= 11 is 1.42. The van der Waals surface area contributed by atoms with Crippen LogP contribution in [0.5, 0.6) is 0 Å². The van der Waals surface area contributed by atoms with Gasteiger partial charge in [-0.15, -0.1) is 0 Å². The summed E-state index contributed by atoms with van der Waals surface area (Å²) in [6, 6.07) is 12.6. The first-order valence-corrected chi connectivity index (χ1v) is 9.05. The van der Waals surface area contributed by atoms with Gasteiger partial charge in [-0.2, -0.15) is 13.2 Å². The topological polar surface area (TPSA) is 32.7 Å². The van der Waals surface area contributed by atoms with Crippen LogP contribution in [0, 0.1) is 6.92 Å². The fraction of sp³-hybridized carbons (Fsp3) is 0.263. The highest BCUT2D eigenvalue weighted by atomic mass is 32.2. The van der Waals surface area contributed by atoms with Gasteiger partial charge >= 0.3 is 6.18 Å². The Morgan fingerprint density at radius 1 is 1.19 bits per heavy atom. The highest BCUT2D eigenvalue weighted by Gasteiger charge is 2.32. The Labute approximate surface area is 153 Å². The molecule has 0 saturated heterocycles. The Hall–Kier alpha value is -2.28. The minimum absolute atomic E-state index is 0.0189. The SMILES string of the molecule is Cc1ccc(CSC2=NCCN2C(=O)c2cccc(C(F)(F)F)c2)cc1. The number of halogens is 3. The van der Waals surface area contributed by atoms with E-state index >= 15 is 0 Å². The molecule has 2 aromatic rings. The normalized spacial score (nSPS) is 14.5. The van der Waals surface area contributed by atoms with E-state index in [1.54, 1.807) is 0 Å². The Morgan fingerprint density at radius 3 is 2.62 bits per heavy atom. The van der Waals surface area contributed by atoms with E-state index in [-0.39, 0.29) is 5.56 Å². The lowest BCUT2D eigenvalue weighted by Crippen LogP contribution is -2.33. The minimum atomic E-state index is -4.47. The molecule has 1 amide bonds. The zero-order chi connectivity index (χ0) is 18.7. The molecule has 1 aliphatic heterocycles. The van der Waals surface area contributed by atoms with Crippen LogP contribution >= 0.6 is 11.8 Å². The number of hydrogen-bond acceptors (Lipinski definition) is 3. The first-order chi connectivity index (χ1) is 12.3. The molecule has 26 heavy (non-hydrogen) atoms. The number of thioether (sulfide) groups is 1. The van der Waals surface area contributed by atoms with Crippen molar-refractivity contribution in [1.29, 1.82) is 0 Å². The van der Waals surface area contributed by atoms with Gasteiger partial charge in [0.05, 0.1) is 12.1 Å². The van der Waals surface area contributed by atoms with Crippen molar-refractivity contribution < 1.29 is 18.0 Å². The number of carbonyl (C=O) groups is 1. The first-order valence-electron chi connectivity index (χ1n) is 8.06. The average molecular weight is 378 g/mol. The summed E-state index contributed by atoms with van der Waals surface area (Å²) in [5, 5.41) is 0.549. The van der Waals surface area contributed by atoms with E-state index in [2.05, 4.69) is 4.99 Å². The van der Waals surface area contributed by atoms with E-state index in [0.29, 0.717) is 24.0 Å². The van der Waals surface area contributed by atoms with Gasteiger partial charge in [0.1, 0.15) is 0 Å². The van der Waals surface area contributed by atoms with Crippen LogP contribution in [0.1, 0.15) is 27.0 Å². The third-order valence-electron chi connectivity index (χ3n) is 3.97. The Kier molecular flexibility index (Phi) is 5.36. The molecule has 0 aromatic heterocycles. The van der Waals surface area contributed by atoms with E-state index in [4.69, 9.17) is 0 Å². The van der Waals surface area contributed by atoms with Crippen molar-refractivity contribution in [3.63, 3.8) is 0 Å². The van der Waals surface area contributed by atoms with Gasteiger partial charge in [0.25, 0.3) is 5.91 Å². The number of rotatable bonds is 3. The second-order valence-corrected chi connectivity index (χ2v) is 6.92. The predicted molar refractivity (Wildman–Crippen MR) is 97.3 cm³/mol. The van der Waals surface area contributed by atoms with Gasteiger partial charge in [-0.05, 0) is 30.7 Å². The summed E-state index contributed by atoms with van der Waals surface area (Å²) in [6.07, 6.45) is -4.47. The number of aryl methyl sites for hydroxylation is 1. The van der Waals surface area contributed by atoms with Gasteiger partial charge in [-0.25, -0.2) is 0 Å². The van der Waals surface area contributed by atoms with E-state index in [0.717, 1.165) is 17.7 Å². The maximum Gasteiger partial charge on any atom is 0.416 e. The molecule has 0 saturated carbocycles.